The Hall–Kier alpha value is 0.660. The van der Waals surface area contributed by atoms with Gasteiger partial charge in [-0.05, 0) is 6.42 Å². The number of thioether (sulfide) groups is 2. The summed E-state index contributed by atoms with van der Waals surface area (Å²) in [5, 5.41) is 0. The zero-order valence-electron chi connectivity index (χ0n) is 10.3. The van der Waals surface area contributed by atoms with E-state index in [9.17, 15) is 0 Å². The largest absolute Gasteiger partial charge is 0.322 e. The van der Waals surface area contributed by atoms with Gasteiger partial charge in [-0.3, -0.25) is 0 Å². The van der Waals surface area contributed by atoms with E-state index in [-0.39, 0.29) is 0 Å². The van der Waals surface area contributed by atoms with Gasteiger partial charge in [0.1, 0.15) is 8.64 Å². The van der Waals surface area contributed by atoms with Crippen LogP contribution in [0.4, 0.5) is 0 Å². The van der Waals surface area contributed by atoms with Crippen LogP contribution in [0.2, 0.25) is 0 Å². The van der Waals surface area contributed by atoms with Crippen LogP contribution >= 0.6 is 72.4 Å². The Bertz CT molecular complexity index is 351. The maximum atomic E-state index is 5.38. The molecular weight excluding hydrogens is 353 g/mol. The zero-order valence-corrected chi connectivity index (χ0v) is 15.2. The number of thiocarbonyl (C=S) groups is 4. The minimum atomic E-state index is 0.872. The van der Waals surface area contributed by atoms with E-state index in [1.807, 2.05) is 0 Å². The molecule has 0 aromatic rings. The van der Waals surface area contributed by atoms with Gasteiger partial charge in [0.05, 0.1) is 9.98 Å². The van der Waals surface area contributed by atoms with Gasteiger partial charge >= 0.3 is 0 Å². The second-order valence-electron chi connectivity index (χ2n) is 4.17. The van der Waals surface area contributed by atoms with Gasteiger partial charge in [0.25, 0.3) is 0 Å². The maximum absolute atomic E-state index is 5.38. The molecule has 2 nitrogen and oxygen atoms in total. The van der Waals surface area contributed by atoms with Gasteiger partial charge in [-0.15, -0.1) is 0 Å². The summed E-state index contributed by atoms with van der Waals surface area (Å²) < 4.78 is 1.82. The van der Waals surface area contributed by atoms with Crippen molar-refractivity contribution in [1.29, 1.82) is 0 Å². The predicted octanol–water partition coefficient (Wildman–Crippen LogP) is 3.48. The van der Waals surface area contributed by atoms with Gasteiger partial charge in [0.15, 0.2) is 0 Å². The van der Waals surface area contributed by atoms with Crippen molar-refractivity contribution >= 4 is 91.0 Å². The fourth-order valence-electron chi connectivity index (χ4n) is 1.90. The van der Waals surface area contributed by atoms with Gasteiger partial charge in [-0.25, -0.2) is 0 Å². The van der Waals surface area contributed by atoms with Crippen LogP contribution in [0.25, 0.3) is 0 Å². The number of hydrogen-bond acceptors (Lipinski definition) is 6. The summed E-state index contributed by atoms with van der Waals surface area (Å²) >= 11 is 24.9. The monoisotopic (exact) mass is 366 g/mol. The van der Waals surface area contributed by atoms with Crippen LogP contribution in [0.3, 0.4) is 0 Å². The Morgan fingerprint density at radius 2 is 1.21 bits per heavy atom. The molecule has 2 saturated heterocycles. The molecular formula is C11H14N2S6. The van der Waals surface area contributed by atoms with Crippen LogP contribution in [-0.4, -0.2) is 53.0 Å². The lowest BCUT2D eigenvalue weighted by Crippen LogP contribution is -2.41. The van der Waals surface area contributed by atoms with E-state index < -0.39 is 0 Å². The van der Waals surface area contributed by atoms with Crippen LogP contribution in [0, 0.1) is 0 Å². The summed E-state index contributed by atoms with van der Waals surface area (Å²) in [6.45, 7) is 1.74. The molecule has 8 heteroatoms. The molecule has 2 rings (SSSR count). The molecule has 0 aliphatic carbocycles. The standard InChI is InChI=1S/C11H14N2S6/c14-8-2-6-18-10(16)12(8)4-1-5-13-9(15)3-7-19-11(13)17/h1-7H2. The minimum absolute atomic E-state index is 0.872. The van der Waals surface area contributed by atoms with E-state index in [4.69, 9.17) is 48.9 Å². The summed E-state index contributed by atoms with van der Waals surface area (Å²) in [6.07, 6.45) is 2.88. The van der Waals surface area contributed by atoms with E-state index in [1.165, 1.54) is 0 Å². The maximum Gasteiger partial charge on any atom is 0.141 e. The van der Waals surface area contributed by atoms with Crippen molar-refractivity contribution in [3.05, 3.63) is 0 Å². The summed E-state index contributed by atoms with van der Waals surface area (Å²) in [4.78, 5) is 6.12. The van der Waals surface area contributed by atoms with Gasteiger partial charge in [0.2, 0.25) is 0 Å². The molecule has 0 aromatic heterocycles. The Morgan fingerprint density at radius 3 is 1.58 bits per heavy atom. The van der Waals surface area contributed by atoms with Crippen molar-refractivity contribution in [1.82, 2.24) is 9.80 Å². The second-order valence-corrected chi connectivity index (χ2v) is 8.57. The molecule has 2 heterocycles. The van der Waals surface area contributed by atoms with E-state index in [2.05, 4.69) is 9.80 Å². The van der Waals surface area contributed by atoms with Crippen LogP contribution < -0.4 is 0 Å². The number of nitrogens with zero attached hydrogens (tertiary/aromatic N) is 2. The number of hydrogen-bond donors (Lipinski definition) is 0. The van der Waals surface area contributed by atoms with Gasteiger partial charge < -0.3 is 9.80 Å². The van der Waals surface area contributed by atoms with E-state index in [1.54, 1.807) is 23.5 Å². The molecule has 0 atom stereocenters. The highest BCUT2D eigenvalue weighted by Crippen LogP contribution is 2.22. The Labute approximate surface area is 144 Å². The Morgan fingerprint density at radius 1 is 0.789 bits per heavy atom. The second kappa shape index (κ2) is 7.61. The highest BCUT2D eigenvalue weighted by Gasteiger charge is 2.23. The van der Waals surface area contributed by atoms with Crippen molar-refractivity contribution in [2.24, 2.45) is 0 Å². The van der Waals surface area contributed by atoms with Crippen molar-refractivity contribution in [2.75, 3.05) is 24.6 Å². The first kappa shape index (κ1) is 16.0. The molecule has 0 bridgehead atoms. The van der Waals surface area contributed by atoms with Crippen molar-refractivity contribution in [3.8, 4) is 0 Å². The lowest BCUT2D eigenvalue weighted by atomic mass is 10.3. The summed E-state index contributed by atoms with van der Waals surface area (Å²) in [6, 6.07) is 0. The molecule has 2 fully saturated rings. The van der Waals surface area contributed by atoms with Gasteiger partial charge in [-0.1, -0.05) is 72.4 Å². The molecule has 0 amide bonds. The molecule has 0 saturated carbocycles. The molecule has 19 heavy (non-hydrogen) atoms. The molecule has 0 N–H and O–H groups in total. The Kier molecular flexibility index (Phi) is 6.42. The molecule has 104 valence electrons. The van der Waals surface area contributed by atoms with E-state index in [0.717, 1.165) is 62.5 Å². The first-order chi connectivity index (χ1) is 9.09. The van der Waals surface area contributed by atoms with Crippen LogP contribution in [-0.2, 0) is 0 Å². The zero-order chi connectivity index (χ0) is 13.8. The van der Waals surface area contributed by atoms with Crippen LogP contribution in [0.15, 0.2) is 0 Å². The fraction of sp³-hybridized carbons (Fsp3) is 0.636. The van der Waals surface area contributed by atoms with Crippen LogP contribution in [0.5, 0.6) is 0 Å². The van der Waals surface area contributed by atoms with Gasteiger partial charge in [0, 0.05) is 37.4 Å². The van der Waals surface area contributed by atoms with Crippen LogP contribution in [0.1, 0.15) is 19.3 Å². The lowest BCUT2D eigenvalue weighted by Gasteiger charge is -2.32. The van der Waals surface area contributed by atoms with E-state index >= 15 is 0 Å². The summed E-state index contributed by atoms with van der Waals surface area (Å²) in [5.41, 5.74) is 0. The third-order valence-corrected chi connectivity index (χ3v) is 6.64. The highest BCUT2D eigenvalue weighted by molar-refractivity contribution is 8.23. The first-order valence-corrected chi connectivity index (χ1v) is 9.64. The quantitative estimate of drug-likeness (QED) is 0.689. The first-order valence-electron chi connectivity index (χ1n) is 6.04. The third kappa shape index (κ3) is 4.31. The topological polar surface area (TPSA) is 6.48 Å². The molecule has 0 radical (unpaired) electrons. The molecule has 2 aliphatic heterocycles. The van der Waals surface area contributed by atoms with E-state index in [0.29, 0.717) is 0 Å². The molecule has 0 aromatic carbocycles. The predicted molar refractivity (Wildman–Crippen MR) is 103 cm³/mol. The summed E-state index contributed by atoms with van der Waals surface area (Å²) in [7, 11) is 0. The summed E-state index contributed by atoms with van der Waals surface area (Å²) in [5.74, 6) is 2.04. The minimum Gasteiger partial charge on any atom is -0.322 e. The van der Waals surface area contributed by atoms with Crippen molar-refractivity contribution in [2.45, 2.75) is 19.3 Å². The Balaban J connectivity index is 1.82. The molecule has 0 spiro atoms. The highest BCUT2D eigenvalue weighted by atomic mass is 32.2. The molecule has 2 aliphatic rings. The SMILES string of the molecule is S=C1CCSC(=S)N1CCCN1C(=S)CCSC1=S. The van der Waals surface area contributed by atoms with Crippen molar-refractivity contribution < 1.29 is 0 Å². The average Bonchev–Trinajstić information content (AvgIpc) is 2.36. The van der Waals surface area contributed by atoms with Crippen molar-refractivity contribution in [3.63, 3.8) is 0 Å². The normalized spacial score (nSPS) is 21.3. The fourth-order valence-corrected chi connectivity index (χ4v) is 5.52. The van der Waals surface area contributed by atoms with Gasteiger partial charge in [-0.2, -0.15) is 0 Å². The molecule has 0 unspecified atom stereocenters. The third-order valence-electron chi connectivity index (χ3n) is 2.89. The smallest absolute Gasteiger partial charge is 0.141 e. The number of rotatable bonds is 4. The lowest BCUT2D eigenvalue weighted by molar-refractivity contribution is 0.519. The average molecular weight is 367 g/mol.